The first kappa shape index (κ1) is 13.5. The molecule has 2 nitrogen and oxygen atoms in total. The van der Waals surface area contributed by atoms with E-state index in [1.54, 1.807) is 12.3 Å². The molecule has 2 rings (SSSR count). The van der Waals surface area contributed by atoms with Crippen molar-refractivity contribution in [1.29, 1.82) is 0 Å². The monoisotopic (exact) mass is 250 g/mol. The largest absolute Gasteiger partial charge is 0.310 e. The molecular formula is C15H23FN2. The van der Waals surface area contributed by atoms with Crippen LogP contribution < -0.4 is 5.32 Å². The zero-order valence-electron chi connectivity index (χ0n) is 11.2. The zero-order valence-corrected chi connectivity index (χ0v) is 11.2. The summed E-state index contributed by atoms with van der Waals surface area (Å²) in [5.74, 6) is 0.389. The molecule has 1 aliphatic carbocycles. The molecule has 0 amide bonds. The number of rotatable bonds is 4. The molecule has 3 heteroatoms. The van der Waals surface area contributed by atoms with Gasteiger partial charge in [0, 0.05) is 12.2 Å². The number of aromatic nitrogens is 1. The van der Waals surface area contributed by atoms with Gasteiger partial charge < -0.3 is 5.32 Å². The predicted molar refractivity (Wildman–Crippen MR) is 71.8 cm³/mol. The van der Waals surface area contributed by atoms with Crippen LogP contribution in [0.15, 0.2) is 18.5 Å². The van der Waals surface area contributed by atoms with Crippen molar-refractivity contribution in [1.82, 2.24) is 10.3 Å². The van der Waals surface area contributed by atoms with Gasteiger partial charge >= 0.3 is 0 Å². The van der Waals surface area contributed by atoms with Crippen molar-refractivity contribution in [3.63, 3.8) is 0 Å². The van der Waals surface area contributed by atoms with Crippen LogP contribution in [0.5, 0.6) is 0 Å². The molecule has 1 aromatic rings. The van der Waals surface area contributed by atoms with Crippen molar-refractivity contribution in [2.45, 2.75) is 51.5 Å². The molecule has 1 aromatic heterocycles. The molecule has 1 aliphatic rings. The topological polar surface area (TPSA) is 24.9 Å². The fourth-order valence-corrected chi connectivity index (χ4v) is 3.02. The van der Waals surface area contributed by atoms with E-state index in [4.69, 9.17) is 0 Å². The van der Waals surface area contributed by atoms with E-state index >= 15 is 0 Å². The van der Waals surface area contributed by atoms with E-state index in [1.807, 2.05) is 0 Å². The van der Waals surface area contributed by atoms with Crippen molar-refractivity contribution < 1.29 is 4.39 Å². The summed E-state index contributed by atoms with van der Waals surface area (Å²) < 4.78 is 13.3. The van der Waals surface area contributed by atoms with Crippen LogP contribution in [0.1, 0.15) is 57.1 Å². The van der Waals surface area contributed by atoms with Crippen LogP contribution in [0.4, 0.5) is 4.39 Å². The normalized spacial score (nSPS) is 19.4. The van der Waals surface area contributed by atoms with Crippen LogP contribution in [0.2, 0.25) is 0 Å². The summed E-state index contributed by atoms with van der Waals surface area (Å²) in [6.45, 7) is 3.02. The highest BCUT2D eigenvalue weighted by Crippen LogP contribution is 2.33. The molecule has 1 heterocycles. The molecule has 1 saturated carbocycles. The second-order valence-corrected chi connectivity index (χ2v) is 5.22. The van der Waals surface area contributed by atoms with Crippen molar-refractivity contribution in [2.75, 3.05) is 6.54 Å². The van der Waals surface area contributed by atoms with Crippen molar-refractivity contribution in [3.05, 3.63) is 29.8 Å². The second-order valence-electron chi connectivity index (χ2n) is 5.22. The van der Waals surface area contributed by atoms with Crippen LogP contribution in [-0.2, 0) is 0 Å². The maximum atomic E-state index is 13.3. The Balaban J connectivity index is 2.15. The van der Waals surface area contributed by atoms with Crippen LogP contribution >= 0.6 is 0 Å². The summed E-state index contributed by atoms with van der Waals surface area (Å²) in [5, 5.41) is 3.52. The third kappa shape index (κ3) is 3.52. The number of hydrogen-bond donors (Lipinski definition) is 1. The Kier molecular flexibility index (Phi) is 5.12. The SMILES string of the molecule is CCNC(c1cncc(F)c1)C1CCCCCC1. The number of halogens is 1. The molecule has 1 N–H and O–H groups in total. The van der Waals surface area contributed by atoms with E-state index in [-0.39, 0.29) is 11.9 Å². The summed E-state index contributed by atoms with van der Waals surface area (Å²) in [4.78, 5) is 3.99. The quantitative estimate of drug-likeness (QED) is 0.821. The molecule has 1 fully saturated rings. The van der Waals surface area contributed by atoms with E-state index in [0.29, 0.717) is 5.92 Å². The Hall–Kier alpha value is -0.960. The van der Waals surface area contributed by atoms with E-state index < -0.39 is 0 Å². The average Bonchev–Trinajstić information content (AvgIpc) is 2.64. The molecule has 0 bridgehead atoms. The highest BCUT2D eigenvalue weighted by atomic mass is 19.1. The van der Waals surface area contributed by atoms with Gasteiger partial charge in [-0.3, -0.25) is 4.98 Å². The molecule has 0 radical (unpaired) electrons. The number of pyridine rings is 1. The maximum absolute atomic E-state index is 13.3. The van der Waals surface area contributed by atoms with Gasteiger partial charge in [-0.05, 0) is 36.9 Å². The first-order valence-corrected chi connectivity index (χ1v) is 7.15. The third-order valence-corrected chi connectivity index (χ3v) is 3.88. The van der Waals surface area contributed by atoms with Gasteiger partial charge in [0.15, 0.2) is 0 Å². The van der Waals surface area contributed by atoms with E-state index in [1.165, 1.54) is 44.7 Å². The van der Waals surface area contributed by atoms with Crippen LogP contribution in [-0.4, -0.2) is 11.5 Å². The Morgan fingerprint density at radius 1 is 1.28 bits per heavy atom. The van der Waals surface area contributed by atoms with E-state index in [9.17, 15) is 4.39 Å². The molecule has 0 aromatic carbocycles. The van der Waals surface area contributed by atoms with Gasteiger partial charge in [0.25, 0.3) is 0 Å². The lowest BCUT2D eigenvalue weighted by Gasteiger charge is -2.27. The van der Waals surface area contributed by atoms with Gasteiger partial charge in [-0.1, -0.05) is 32.6 Å². The number of nitrogens with one attached hydrogen (secondary N) is 1. The van der Waals surface area contributed by atoms with Crippen molar-refractivity contribution in [3.8, 4) is 0 Å². The highest BCUT2D eigenvalue weighted by Gasteiger charge is 2.23. The first-order valence-electron chi connectivity index (χ1n) is 7.15. The van der Waals surface area contributed by atoms with Crippen LogP contribution in [0.3, 0.4) is 0 Å². The average molecular weight is 250 g/mol. The smallest absolute Gasteiger partial charge is 0.141 e. The Morgan fingerprint density at radius 2 is 2.00 bits per heavy atom. The lowest BCUT2D eigenvalue weighted by Crippen LogP contribution is -2.28. The van der Waals surface area contributed by atoms with Gasteiger partial charge in [-0.15, -0.1) is 0 Å². The Bertz CT molecular complexity index is 359. The molecule has 1 unspecified atom stereocenters. The molecule has 100 valence electrons. The fraction of sp³-hybridized carbons (Fsp3) is 0.667. The summed E-state index contributed by atoms with van der Waals surface area (Å²) >= 11 is 0. The first-order chi connectivity index (χ1) is 8.81. The van der Waals surface area contributed by atoms with E-state index in [2.05, 4.69) is 17.2 Å². The summed E-state index contributed by atoms with van der Waals surface area (Å²) in [6.07, 6.45) is 10.9. The second kappa shape index (κ2) is 6.83. The summed E-state index contributed by atoms with van der Waals surface area (Å²) in [7, 11) is 0. The molecular weight excluding hydrogens is 227 g/mol. The summed E-state index contributed by atoms with van der Waals surface area (Å²) in [5.41, 5.74) is 1.00. The minimum atomic E-state index is -0.232. The fourth-order valence-electron chi connectivity index (χ4n) is 3.02. The van der Waals surface area contributed by atoms with Gasteiger partial charge in [0.05, 0.1) is 6.20 Å². The van der Waals surface area contributed by atoms with Crippen molar-refractivity contribution >= 4 is 0 Å². The minimum Gasteiger partial charge on any atom is -0.310 e. The summed E-state index contributed by atoms with van der Waals surface area (Å²) in [6, 6.07) is 1.89. The number of nitrogens with zero attached hydrogens (tertiary/aromatic N) is 1. The zero-order chi connectivity index (χ0) is 12.8. The third-order valence-electron chi connectivity index (χ3n) is 3.88. The molecule has 18 heavy (non-hydrogen) atoms. The molecule has 0 spiro atoms. The lowest BCUT2D eigenvalue weighted by atomic mass is 9.88. The number of hydrogen-bond acceptors (Lipinski definition) is 2. The van der Waals surface area contributed by atoms with Gasteiger partial charge in [-0.25, -0.2) is 4.39 Å². The van der Waals surface area contributed by atoms with Crippen LogP contribution in [0.25, 0.3) is 0 Å². The maximum Gasteiger partial charge on any atom is 0.141 e. The predicted octanol–water partition coefficient (Wildman–Crippen LogP) is 3.84. The van der Waals surface area contributed by atoms with Gasteiger partial charge in [-0.2, -0.15) is 0 Å². The van der Waals surface area contributed by atoms with Gasteiger partial charge in [0.1, 0.15) is 5.82 Å². The lowest BCUT2D eigenvalue weighted by molar-refractivity contribution is 0.328. The van der Waals surface area contributed by atoms with E-state index in [0.717, 1.165) is 12.1 Å². The van der Waals surface area contributed by atoms with Crippen LogP contribution in [0, 0.1) is 11.7 Å². The van der Waals surface area contributed by atoms with Gasteiger partial charge in [0.2, 0.25) is 0 Å². The molecule has 0 aliphatic heterocycles. The minimum absolute atomic E-state index is 0.232. The Morgan fingerprint density at radius 3 is 2.61 bits per heavy atom. The standard InChI is InChI=1S/C15H23FN2/c1-2-18-15(12-7-5-3-4-6-8-12)13-9-14(16)11-17-10-13/h9-12,15,18H,2-8H2,1H3. The highest BCUT2D eigenvalue weighted by molar-refractivity contribution is 5.16. The van der Waals surface area contributed by atoms with Crippen molar-refractivity contribution in [2.24, 2.45) is 5.92 Å². The molecule has 0 saturated heterocycles. The Labute approximate surface area is 109 Å². The molecule has 1 atom stereocenters.